The smallest absolute Gasteiger partial charge is 0.164 e. The summed E-state index contributed by atoms with van der Waals surface area (Å²) in [5.41, 5.74) is 0.792. The fraction of sp³-hybridized carbons (Fsp3) is 0.308. The number of aromatic nitrogens is 4. The van der Waals surface area contributed by atoms with Gasteiger partial charge in [-0.05, 0) is 35.0 Å². The van der Waals surface area contributed by atoms with E-state index in [0.29, 0.717) is 0 Å². The van der Waals surface area contributed by atoms with Crippen molar-refractivity contribution in [3.63, 3.8) is 0 Å². The van der Waals surface area contributed by atoms with Gasteiger partial charge < -0.3 is 9.32 Å². The van der Waals surface area contributed by atoms with Crippen molar-refractivity contribution in [3.8, 4) is 0 Å². The molecule has 0 bridgehead atoms. The number of hydrogen-bond donors (Lipinski definition) is 0. The van der Waals surface area contributed by atoms with Crippen LogP contribution in [0.3, 0.4) is 0 Å². The number of fused-ring (bicyclic) bond motifs is 1. The molecular formula is C13H14BrN5O. The number of hydrogen-bond acceptors (Lipinski definition) is 5. The van der Waals surface area contributed by atoms with Gasteiger partial charge in [-0.3, -0.25) is 0 Å². The van der Waals surface area contributed by atoms with Crippen LogP contribution < -0.4 is 4.90 Å². The molecule has 0 spiro atoms. The molecule has 0 aromatic carbocycles. The second-order valence-electron chi connectivity index (χ2n) is 4.61. The molecule has 0 amide bonds. The van der Waals surface area contributed by atoms with Gasteiger partial charge in [0, 0.05) is 14.1 Å². The van der Waals surface area contributed by atoms with Crippen molar-refractivity contribution in [2.45, 2.75) is 13.0 Å². The molecule has 0 N–H and O–H groups in total. The minimum absolute atomic E-state index is 0.0650. The van der Waals surface area contributed by atoms with Gasteiger partial charge in [0.25, 0.3) is 0 Å². The van der Waals surface area contributed by atoms with Crippen LogP contribution in [0.1, 0.15) is 18.7 Å². The van der Waals surface area contributed by atoms with Crippen molar-refractivity contribution in [1.29, 1.82) is 0 Å². The maximum atomic E-state index is 5.47. The summed E-state index contributed by atoms with van der Waals surface area (Å²) in [6.45, 7) is 2.07. The molecule has 20 heavy (non-hydrogen) atoms. The highest BCUT2D eigenvalue weighted by Crippen LogP contribution is 2.32. The average molecular weight is 336 g/mol. The highest BCUT2D eigenvalue weighted by Gasteiger charge is 2.21. The Labute approximate surface area is 124 Å². The van der Waals surface area contributed by atoms with Crippen LogP contribution in [0.2, 0.25) is 0 Å². The summed E-state index contributed by atoms with van der Waals surface area (Å²) in [5, 5.41) is 5.24. The molecule has 6 nitrogen and oxygen atoms in total. The van der Waals surface area contributed by atoms with Crippen molar-refractivity contribution < 1.29 is 4.42 Å². The largest absolute Gasteiger partial charge is 0.467 e. The molecule has 0 fully saturated rings. The molecule has 0 aliphatic heterocycles. The molecule has 0 aliphatic carbocycles. The Morgan fingerprint density at radius 2 is 2.20 bits per heavy atom. The molecule has 3 aromatic rings. The molecule has 0 saturated carbocycles. The quantitative estimate of drug-likeness (QED) is 0.736. The molecule has 1 unspecified atom stereocenters. The third kappa shape index (κ3) is 1.98. The second-order valence-corrected chi connectivity index (χ2v) is 5.36. The topological polar surface area (TPSA) is 60.0 Å². The van der Waals surface area contributed by atoms with E-state index in [0.717, 1.165) is 27.2 Å². The first-order valence-electron chi connectivity index (χ1n) is 6.19. The van der Waals surface area contributed by atoms with Crippen LogP contribution in [0.15, 0.2) is 33.7 Å². The lowest BCUT2D eigenvalue weighted by molar-refractivity contribution is 0.470. The predicted octanol–water partition coefficient (Wildman–Crippen LogP) is 2.92. The molecule has 0 aliphatic rings. The number of anilines is 1. The van der Waals surface area contributed by atoms with Crippen LogP contribution in [0.4, 0.5) is 5.82 Å². The van der Waals surface area contributed by atoms with Crippen LogP contribution in [0.5, 0.6) is 0 Å². The van der Waals surface area contributed by atoms with Gasteiger partial charge in [-0.2, -0.15) is 5.10 Å². The first kappa shape index (κ1) is 13.1. The minimum atomic E-state index is 0.0650. The Morgan fingerprint density at radius 3 is 2.90 bits per heavy atom. The van der Waals surface area contributed by atoms with E-state index in [1.54, 1.807) is 17.3 Å². The van der Waals surface area contributed by atoms with Gasteiger partial charge in [-0.15, -0.1) is 0 Å². The van der Waals surface area contributed by atoms with Gasteiger partial charge in [-0.1, -0.05) is 0 Å². The van der Waals surface area contributed by atoms with E-state index < -0.39 is 0 Å². The lowest BCUT2D eigenvalue weighted by Crippen LogP contribution is -2.22. The van der Waals surface area contributed by atoms with Crippen molar-refractivity contribution in [2.75, 3.05) is 11.9 Å². The molecular weight excluding hydrogens is 322 g/mol. The number of furan rings is 1. The van der Waals surface area contributed by atoms with E-state index in [4.69, 9.17) is 4.42 Å². The van der Waals surface area contributed by atoms with E-state index >= 15 is 0 Å². The molecule has 1 atom stereocenters. The summed E-state index contributed by atoms with van der Waals surface area (Å²) in [5.74, 6) is 1.71. The van der Waals surface area contributed by atoms with Crippen LogP contribution >= 0.6 is 15.9 Å². The van der Waals surface area contributed by atoms with Gasteiger partial charge in [0.05, 0.1) is 17.7 Å². The number of rotatable bonds is 3. The predicted molar refractivity (Wildman–Crippen MR) is 79.5 cm³/mol. The second kappa shape index (κ2) is 4.90. The van der Waals surface area contributed by atoms with Gasteiger partial charge in [-0.25, -0.2) is 14.6 Å². The lowest BCUT2D eigenvalue weighted by Gasteiger charge is -2.24. The molecule has 0 radical (unpaired) electrons. The van der Waals surface area contributed by atoms with Gasteiger partial charge in [0.1, 0.15) is 22.5 Å². The Morgan fingerprint density at radius 1 is 1.40 bits per heavy atom. The fourth-order valence-corrected chi connectivity index (χ4v) is 2.79. The summed E-state index contributed by atoms with van der Waals surface area (Å²) in [6, 6.07) is 3.91. The van der Waals surface area contributed by atoms with Gasteiger partial charge in [0.15, 0.2) is 5.65 Å². The van der Waals surface area contributed by atoms with Gasteiger partial charge >= 0.3 is 0 Å². The highest BCUT2D eigenvalue weighted by molar-refractivity contribution is 9.10. The fourth-order valence-electron chi connectivity index (χ4n) is 2.20. The van der Waals surface area contributed by atoms with E-state index in [9.17, 15) is 0 Å². The SMILES string of the molecule is CC(c1ccco1)N(C)c1ncnc2c1c(Br)nn2C. The number of halogens is 1. The summed E-state index contributed by atoms with van der Waals surface area (Å²) >= 11 is 3.47. The Kier molecular flexibility index (Phi) is 3.21. The number of aryl methyl sites for hydroxylation is 1. The third-order valence-electron chi connectivity index (χ3n) is 3.43. The van der Waals surface area contributed by atoms with Crippen molar-refractivity contribution >= 4 is 32.8 Å². The summed E-state index contributed by atoms with van der Waals surface area (Å²) in [6.07, 6.45) is 3.23. The molecule has 0 saturated heterocycles. The Balaban J connectivity index is 2.10. The average Bonchev–Trinajstić information content (AvgIpc) is 3.07. The van der Waals surface area contributed by atoms with Crippen molar-refractivity contribution in [2.24, 2.45) is 7.05 Å². The zero-order valence-corrected chi connectivity index (χ0v) is 13.0. The monoisotopic (exact) mass is 335 g/mol. The van der Waals surface area contributed by atoms with Gasteiger partial charge in [0.2, 0.25) is 0 Å². The van der Waals surface area contributed by atoms with E-state index in [1.165, 1.54) is 0 Å². The lowest BCUT2D eigenvalue weighted by atomic mass is 10.2. The van der Waals surface area contributed by atoms with E-state index in [2.05, 4.69) is 42.8 Å². The van der Waals surface area contributed by atoms with E-state index in [1.807, 2.05) is 26.2 Å². The molecule has 104 valence electrons. The van der Waals surface area contributed by atoms with Crippen molar-refractivity contribution in [3.05, 3.63) is 35.1 Å². The summed E-state index contributed by atoms with van der Waals surface area (Å²) in [7, 11) is 3.84. The van der Waals surface area contributed by atoms with Crippen molar-refractivity contribution in [1.82, 2.24) is 19.7 Å². The minimum Gasteiger partial charge on any atom is -0.467 e. The maximum absolute atomic E-state index is 5.47. The molecule has 7 heteroatoms. The molecule has 3 rings (SSSR count). The third-order valence-corrected chi connectivity index (χ3v) is 3.98. The summed E-state index contributed by atoms with van der Waals surface area (Å²) < 4.78 is 7.94. The standard InChI is InChI=1S/C13H14BrN5O/c1-8(9-5-4-6-20-9)18(2)12-10-11(14)17-19(3)13(10)16-7-15-12/h4-8H,1-3H3. The van der Waals surface area contributed by atoms with E-state index in [-0.39, 0.29) is 6.04 Å². The van der Waals surface area contributed by atoms with Crippen LogP contribution in [0.25, 0.3) is 11.0 Å². The highest BCUT2D eigenvalue weighted by atomic mass is 79.9. The van der Waals surface area contributed by atoms with Crippen LogP contribution in [-0.2, 0) is 7.05 Å². The first-order valence-corrected chi connectivity index (χ1v) is 6.98. The Hall–Kier alpha value is -1.89. The van der Waals surface area contributed by atoms with Crippen LogP contribution in [0, 0.1) is 0 Å². The number of nitrogens with zero attached hydrogens (tertiary/aromatic N) is 5. The molecule has 3 aromatic heterocycles. The Bertz CT molecular complexity index is 737. The summed E-state index contributed by atoms with van der Waals surface area (Å²) in [4.78, 5) is 10.7. The maximum Gasteiger partial charge on any atom is 0.164 e. The first-order chi connectivity index (χ1) is 9.59. The molecule has 3 heterocycles. The zero-order valence-electron chi connectivity index (χ0n) is 11.4. The zero-order chi connectivity index (χ0) is 14.3. The normalized spacial score (nSPS) is 12.8. The van der Waals surface area contributed by atoms with Crippen LogP contribution in [-0.4, -0.2) is 26.8 Å².